The molecule has 1 unspecified atom stereocenters. The second kappa shape index (κ2) is 9.38. The topological polar surface area (TPSA) is 50.4 Å². The van der Waals surface area contributed by atoms with E-state index in [2.05, 4.69) is 26.6 Å². The Balaban J connectivity index is 0.00000242. The zero-order chi connectivity index (χ0) is 15.2. The van der Waals surface area contributed by atoms with Gasteiger partial charge in [0.1, 0.15) is 5.75 Å². The quantitative estimate of drug-likeness (QED) is 0.809. The average molecular weight is 392 g/mol. The van der Waals surface area contributed by atoms with Crippen molar-refractivity contribution >= 4 is 34.2 Å². The van der Waals surface area contributed by atoms with Crippen molar-refractivity contribution in [2.24, 2.45) is 5.92 Å². The molecule has 1 atom stereocenters. The van der Waals surface area contributed by atoms with Gasteiger partial charge in [0, 0.05) is 11.0 Å². The van der Waals surface area contributed by atoms with Crippen LogP contribution in [0, 0.1) is 5.92 Å². The van der Waals surface area contributed by atoms with Crippen molar-refractivity contribution in [3.05, 3.63) is 28.2 Å². The molecule has 6 heteroatoms. The zero-order valence-electron chi connectivity index (χ0n) is 13.0. The molecule has 2 rings (SSSR count). The molecule has 0 aromatic heterocycles. The highest BCUT2D eigenvalue weighted by molar-refractivity contribution is 9.10. The van der Waals surface area contributed by atoms with Crippen LogP contribution in [0.4, 0.5) is 0 Å². The summed E-state index contributed by atoms with van der Waals surface area (Å²) in [4.78, 5) is 12.4. The Hall–Kier alpha value is -0.780. The minimum Gasteiger partial charge on any atom is -0.490 e. The number of halogens is 2. The first-order valence-corrected chi connectivity index (χ1v) is 8.30. The summed E-state index contributed by atoms with van der Waals surface area (Å²) in [5.74, 6) is 1.08. The van der Waals surface area contributed by atoms with Crippen LogP contribution >= 0.6 is 28.3 Å². The molecule has 0 bridgehead atoms. The normalized spacial score (nSPS) is 17.7. The molecule has 2 N–H and O–H groups in total. The molecule has 0 aliphatic carbocycles. The Morgan fingerprint density at radius 3 is 2.91 bits per heavy atom. The maximum absolute atomic E-state index is 12.4. The number of carbonyl (C=O) groups excluding carboxylic acids is 1. The molecule has 0 spiro atoms. The number of hydrogen-bond acceptors (Lipinski definition) is 3. The molecule has 124 valence electrons. The third-order valence-corrected chi connectivity index (χ3v) is 3.99. The zero-order valence-corrected chi connectivity index (χ0v) is 15.4. The van der Waals surface area contributed by atoms with Crippen LogP contribution in [-0.2, 0) is 0 Å². The summed E-state index contributed by atoms with van der Waals surface area (Å²) in [5, 5.41) is 6.39. The van der Waals surface area contributed by atoms with Crippen molar-refractivity contribution in [2.75, 3.05) is 19.6 Å². The van der Waals surface area contributed by atoms with E-state index in [1.807, 2.05) is 26.0 Å². The number of ether oxygens (including phenoxy) is 1. The second-order valence-electron chi connectivity index (χ2n) is 5.73. The number of piperidine rings is 1. The summed E-state index contributed by atoms with van der Waals surface area (Å²) in [6.07, 6.45) is 2.39. The fourth-order valence-corrected chi connectivity index (χ4v) is 2.81. The van der Waals surface area contributed by atoms with Gasteiger partial charge in [-0.25, -0.2) is 0 Å². The van der Waals surface area contributed by atoms with Crippen LogP contribution in [0.1, 0.15) is 37.0 Å². The van der Waals surface area contributed by atoms with Crippen LogP contribution in [0.15, 0.2) is 22.7 Å². The summed E-state index contributed by atoms with van der Waals surface area (Å²) in [7, 11) is 0. The van der Waals surface area contributed by atoms with E-state index in [1.54, 1.807) is 6.07 Å². The first-order chi connectivity index (χ1) is 10.1. The van der Waals surface area contributed by atoms with Gasteiger partial charge in [-0.05, 0) is 63.9 Å². The molecular formula is C16H24BrClN2O2. The number of carbonyl (C=O) groups is 1. The van der Waals surface area contributed by atoms with Crippen molar-refractivity contribution in [3.63, 3.8) is 0 Å². The number of nitrogens with one attached hydrogen (secondary N) is 2. The molecule has 22 heavy (non-hydrogen) atoms. The summed E-state index contributed by atoms with van der Waals surface area (Å²) in [6.45, 7) is 6.69. The maximum atomic E-state index is 12.4. The molecule has 1 aromatic carbocycles. The molecule has 1 aliphatic heterocycles. The summed E-state index contributed by atoms with van der Waals surface area (Å²) < 4.78 is 6.64. The lowest BCUT2D eigenvalue weighted by molar-refractivity contribution is 0.0939. The highest BCUT2D eigenvalue weighted by Gasteiger charge is 2.17. The smallest absolute Gasteiger partial charge is 0.255 e. The molecule has 1 fully saturated rings. The van der Waals surface area contributed by atoms with E-state index in [0.29, 0.717) is 23.8 Å². The summed E-state index contributed by atoms with van der Waals surface area (Å²) in [5.41, 5.74) is 0.593. The third kappa shape index (κ3) is 5.78. The molecular weight excluding hydrogens is 368 g/mol. The van der Waals surface area contributed by atoms with Gasteiger partial charge >= 0.3 is 0 Å². The van der Waals surface area contributed by atoms with Gasteiger partial charge in [0.05, 0.1) is 11.7 Å². The van der Waals surface area contributed by atoms with Crippen LogP contribution in [0.3, 0.4) is 0 Å². The van der Waals surface area contributed by atoms with Gasteiger partial charge in [-0.2, -0.15) is 0 Å². The first kappa shape index (κ1) is 19.3. The molecule has 1 saturated heterocycles. The molecule has 1 aromatic rings. The first-order valence-electron chi connectivity index (χ1n) is 7.51. The van der Waals surface area contributed by atoms with E-state index < -0.39 is 0 Å². The standard InChI is InChI=1S/C16H23BrN2O2.ClH/c1-11(2)21-15-8-13(17)5-6-14(15)16(20)19-10-12-4-3-7-18-9-12;/h5-6,8,11-12,18H,3-4,7,9-10H2,1-2H3,(H,19,20);1H. The van der Waals surface area contributed by atoms with Gasteiger partial charge in [-0.15, -0.1) is 12.4 Å². The molecule has 1 amide bonds. The van der Waals surface area contributed by atoms with E-state index in [-0.39, 0.29) is 24.4 Å². The summed E-state index contributed by atoms with van der Waals surface area (Å²) >= 11 is 3.42. The monoisotopic (exact) mass is 390 g/mol. The lowest BCUT2D eigenvalue weighted by atomic mass is 9.99. The minimum absolute atomic E-state index is 0. The Kier molecular flexibility index (Phi) is 8.21. The van der Waals surface area contributed by atoms with Crippen molar-refractivity contribution in [1.29, 1.82) is 0 Å². The van der Waals surface area contributed by atoms with Gasteiger partial charge in [-0.1, -0.05) is 15.9 Å². The summed E-state index contributed by atoms with van der Waals surface area (Å²) in [6, 6.07) is 5.51. The van der Waals surface area contributed by atoms with Crippen molar-refractivity contribution in [2.45, 2.75) is 32.8 Å². The molecule has 0 saturated carbocycles. The van der Waals surface area contributed by atoms with Crippen LogP contribution in [0.25, 0.3) is 0 Å². The lowest BCUT2D eigenvalue weighted by Crippen LogP contribution is -2.38. The van der Waals surface area contributed by atoms with Crippen LogP contribution < -0.4 is 15.4 Å². The Labute approximate surface area is 146 Å². The van der Waals surface area contributed by atoms with Gasteiger partial charge in [-0.3, -0.25) is 4.79 Å². The van der Waals surface area contributed by atoms with E-state index in [9.17, 15) is 4.79 Å². The van der Waals surface area contributed by atoms with Crippen LogP contribution in [0.2, 0.25) is 0 Å². The van der Waals surface area contributed by atoms with E-state index >= 15 is 0 Å². The van der Waals surface area contributed by atoms with Gasteiger partial charge in [0.2, 0.25) is 0 Å². The third-order valence-electron chi connectivity index (χ3n) is 3.50. The number of rotatable bonds is 5. The lowest BCUT2D eigenvalue weighted by Gasteiger charge is -2.23. The molecule has 1 aliphatic rings. The predicted molar refractivity (Wildman–Crippen MR) is 95.1 cm³/mol. The Morgan fingerprint density at radius 2 is 2.27 bits per heavy atom. The van der Waals surface area contributed by atoms with Crippen LogP contribution in [0.5, 0.6) is 5.75 Å². The predicted octanol–water partition coefficient (Wildman–Crippen LogP) is 3.39. The van der Waals surface area contributed by atoms with Crippen LogP contribution in [-0.4, -0.2) is 31.6 Å². The van der Waals surface area contributed by atoms with E-state index in [1.165, 1.54) is 12.8 Å². The highest BCUT2D eigenvalue weighted by atomic mass is 79.9. The molecule has 0 radical (unpaired) electrons. The van der Waals surface area contributed by atoms with Gasteiger partial charge < -0.3 is 15.4 Å². The fraction of sp³-hybridized carbons (Fsp3) is 0.562. The second-order valence-corrected chi connectivity index (χ2v) is 6.65. The van der Waals surface area contributed by atoms with Crippen molar-refractivity contribution < 1.29 is 9.53 Å². The molecule has 1 heterocycles. The SMILES string of the molecule is CC(C)Oc1cc(Br)ccc1C(=O)NCC1CCCNC1.Cl. The van der Waals surface area contributed by atoms with Crippen molar-refractivity contribution in [3.8, 4) is 5.75 Å². The number of amides is 1. The number of hydrogen-bond donors (Lipinski definition) is 2. The fourth-order valence-electron chi connectivity index (χ4n) is 2.47. The van der Waals surface area contributed by atoms with E-state index in [0.717, 1.165) is 17.6 Å². The van der Waals surface area contributed by atoms with Gasteiger partial charge in [0.25, 0.3) is 5.91 Å². The Bertz CT molecular complexity index is 491. The van der Waals surface area contributed by atoms with Gasteiger partial charge in [0.15, 0.2) is 0 Å². The van der Waals surface area contributed by atoms with Crippen molar-refractivity contribution in [1.82, 2.24) is 10.6 Å². The highest BCUT2D eigenvalue weighted by Crippen LogP contribution is 2.25. The Morgan fingerprint density at radius 1 is 1.50 bits per heavy atom. The maximum Gasteiger partial charge on any atom is 0.255 e. The molecule has 4 nitrogen and oxygen atoms in total. The number of benzene rings is 1. The average Bonchev–Trinajstić information content (AvgIpc) is 2.45. The van der Waals surface area contributed by atoms with E-state index in [4.69, 9.17) is 4.74 Å². The minimum atomic E-state index is -0.0660. The largest absolute Gasteiger partial charge is 0.490 e.